The average Bonchev–Trinajstić information content (AvgIpc) is 3.57. The predicted octanol–water partition coefficient (Wildman–Crippen LogP) is 1.40. The summed E-state index contributed by atoms with van der Waals surface area (Å²) >= 11 is 0. The standard InChI is InChI=1S/C21H24FN3O4.C2H5NO2/c1-29-20-17-13(19(26)14(21(27)28)9-25(17)12-4-5-12)7-15(22)18(20)24-8-11-3-2-6-23-16(11)10-24;3-1-2(4)5/h7,9,11-12,16,23H,2-6,8,10H2,1H3,(H,27,28);1,3H2,(H,4,5)/t11-,16+;/m0./s1. The number of nitrogens with two attached hydrogens (primary N) is 1. The maximum absolute atomic E-state index is 15.3. The molecule has 2 saturated heterocycles. The molecule has 1 aromatic carbocycles. The number of fused-ring (bicyclic) bond motifs is 2. The van der Waals surface area contributed by atoms with Gasteiger partial charge in [-0.3, -0.25) is 9.59 Å². The van der Waals surface area contributed by atoms with Crippen LogP contribution in [0.25, 0.3) is 10.9 Å². The van der Waals surface area contributed by atoms with Gasteiger partial charge in [-0.05, 0) is 44.2 Å². The van der Waals surface area contributed by atoms with Gasteiger partial charge in [0, 0.05) is 31.4 Å². The third kappa shape index (κ3) is 4.45. The van der Waals surface area contributed by atoms with E-state index in [9.17, 15) is 19.5 Å². The Morgan fingerprint density at radius 2 is 1.97 bits per heavy atom. The topological polar surface area (TPSA) is 147 Å². The van der Waals surface area contributed by atoms with Crippen LogP contribution in [0.15, 0.2) is 17.1 Å². The maximum atomic E-state index is 15.3. The van der Waals surface area contributed by atoms with E-state index in [0.29, 0.717) is 35.5 Å². The molecule has 2 aliphatic heterocycles. The molecule has 1 aromatic heterocycles. The average molecular weight is 477 g/mol. The number of aliphatic carboxylic acids is 1. The van der Waals surface area contributed by atoms with Crippen LogP contribution in [0.4, 0.5) is 10.1 Å². The van der Waals surface area contributed by atoms with Gasteiger partial charge in [0.25, 0.3) is 0 Å². The monoisotopic (exact) mass is 476 g/mol. The zero-order chi connectivity index (χ0) is 24.6. The minimum absolute atomic E-state index is 0.0599. The van der Waals surface area contributed by atoms with Crippen LogP contribution in [-0.4, -0.2) is 66.0 Å². The Hall–Kier alpha value is -3.18. The van der Waals surface area contributed by atoms with E-state index in [4.69, 9.17) is 9.84 Å². The van der Waals surface area contributed by atoms with Crippen molar-refractivity contribution in [2.24, 2.45) is 11.7 Å². The summed E-state index contributed by atoms with van der Waals surface area (Å²) < 4.78 is 22.8. The summed E-state index contributed by atoms with van der Waals surface area (Å²) in [6, 6.07) is 1.62. The highest BCUT2D eigenvalue weighted by Gasteiger charge is 2.38. The number of aromatic carboxylic acids is 1. The van der Waals surface area contributed by atoms with Gasteiger partial charge in [0.15, 0.2) is 11.6 Å². The number of carboxylic acid groups (broad SMARTS) is 2. The molecule has 0 bridgehead atoms. The second kappa shape index (κ2) is 9.59. The molecule has 3 aliphatic rings. The molecule has 3 fully saturated rings. The molecule has 0 amide bonds. The number of hydrogen-bond acceptors (Lipinski definition) is 7. The molecule has 3 heterocycles. The quantitative estimate of drug-likeness (QED) is 0.503. The van der Waals surface area contributed by atoms with Crippen LogP contribution in [0.3, 0.4) is 0 Å². The highest BCUT2D eigenvalue weighted by atomic mass is 19.1. The van der Waals surface area contributed by atoms with Gasteiger partial charge in [0.2, 0.25) is 5.43 Å². The molecule has 2 atom stereocenters. The van der Waals surface area contributed by atoms with Gasteiger partial charge in [-0.2, -0.15) is 0 Å². The van der Waals surface area contributed by atoms with Crippen LogP contribution in [0.1, 0.15) is 42.1 Å². The SMILES string of the molecule is COc1c(N2C[C@@H]3CCCN[C@@H]3C2)c(F)cc2c(=O)c(C(=O)O)cn(C3CC3)c12.NCC(=O)O. The Labute approximate surface area is 195 Å². The number of anilines is 1. The third-order valence-electron chi connectivity index (χ3n) is 6.66. The molecule has 1 saturated carbocycles. The molecule has 0 spiro atoms. The summed E-state index contributed by atoms with van der Waals surface area (Å²) in [6.07, 6.45) is 5.40. The van der Waals surface area contributed by atoms with Crippen molar-refractivity contribution in [2.75, 3.05) is 38.2 Å². The lowest BCUT2D eigenvalue weighted by Gasteiger charge is -2.25. The number of aromatic nitrogens is 1. The molecule has 5 N–H and O–H groups in total. The van der Waals surface area contributed by atoms with Gasteiger partial charge in [0.05, 0.1) is 24.6 Å². The highest BCUT2D eigenvalue weighted by molar-refractivity contribution is 5.97. The summed E-state index contributed by atoms with van der Waals surface area (Å²) in [4.78, 5) is 35.6. The second-order valence-electron chi connectivity index (χ2n) is 8.92. The van der Waals surface area contributed by atoms with Crippen LogP contribution in [0.2, 0.25) is 0 Å². The molecule has 2 aromatic rings. The highest BCUT2D eigenvalue weighted by Crippen LogP contribution is 2.45. The molecule has 0 radical (unpaired) electrons. The van der Waals surface area contributed by atoms with Crippen molar-refractivity contribution < 1.29 is 28.9 Å². The van der Waals surface area contributed by atoms with E-state index in [1.807, 2.05) is 4.90 Å². The fourth-order valence-electron chi connectivity index (χ4n) is 4.95. The van der Waals surface area contributed by atoms with Crippen molar-refractivity contribution in [3.63, 3.8) is 0 Å². The van der Waals surface area contributed by atoms with Crippen molar-refractivity contribution >= 4 is 28.5 Å². The van der Waals surface area contributed by atoms with Gasteiger partial charge >= 0.3 is 11.9 Å². The number of carbonyl (C=O) groups is 2. The molecule has 0 unspecified atom stereocenters. The Balaban J connectivity index is 0.000000499. The first-order chi connectivity index (χ1) is 16.3. The Bertz CT molecular complexity index is 1160. The normalized spacial score (nSPS) is 21.6. The summed E-state index contributed by atoms with van der Waals surface area (Å²) in [5, 5.41) is 20.6. The molecule has 184 valence electrons. The number of methoxy groups -OCH3 is 1. The Morgan fingerprint density at radius 1 is 1.26 bits per heavy atom. The fraction of sp³-hybridized carbons (Fsp3) is 0.522. The Kier molecular flexibility index (Phi) is 6.76. The summed E-state index contributed by atoms with van der Waals surface area (Å²) in [5.41, 5.74) is 4.42. The van der Waals surface area contributed by atoms with Crippen LogP contribution < -0.4 is 26.1 Å². The molecule has 5 rings (SSSR count). The van der Waals surface area contributed by atoms with Gasteiger partial charge < -0.3 is 35.5 Å². The summed E-state index contributed by atoms with van der Waals surface area (Å²) in [6.45, 7) is 2.12. The zero-order valence-electron chi connectivity index (χ0n) is 18.9. The van der Waals surface area contributed by atoms with Crippen LogP contribution >= 0.6 is 0 Å². The molecular weight excluding hydrogens is 447 g/mol. The van der Waals surface area contributed by atoms with Crippen molar-refractivity contribution in [3.8, 4) is 5.75 Å². The van der Waals surface area contributed by atoms with Gasteiger partial charge in [-0.25, -0.2) is 9.18 Å². The first kappa shape index (κ1) is 24.0. The number of ether oxygens (including phenoxy) is 1. The maximum Gasteiger partial charge on any atom is 0.341 e. The third-order valence-corrected chi connectivity index (χ3v) is 6.66. The Morgan fingerprint density at radius 3 is 2.53 bits per heavy atom. The first-order valence-corrected chi connectivity index (χ1v) is 11.4. The van der Waals surface area contributed by atoms with Gasteiger partial charge in [-0.1, -0.05) is 0 Å². The lowest BCUT2D eigenvalue weighted by atomic mass is 9.94. The van der Waals surface area contributed by atoms with E-state index < -0.39 is 23.2 Å². The van der Waals surface area contributed by atoms with Crippen LogP contribution in [-0.2, 0) is 4.79 Å². The van der Waals surface area contributed by atoms with Gasteiger partial charge in [-0.15, -0.1) is 0 Å². The summed E-state index contributed by atoms with van der Waals surface area (Å²) in [7, 11) is 1.48. The van der Waals surface area contributed by atoms with E-state index >= 15 is 4.39 Å². The van der Waals surface area contributed by atoms with Gasteiger partial charge in [0.1, 0.15) is 11.3 Å². The van der Waals surface area contributed by atoms with Crippen molar-refractivity contribution in [1.29, 1.82) is 0 Å². The van der Waals surface area contributed by atoms with E-state index in [0.717, 1.165) is 38.8 Å². The predicted molar refractivity (Wildman–Crippen MR) is 123 cm³/mol. The van der Waals surface area contributed by atoms with Crippen molar-refractivity contribution in [1.82, 2.24) is 9.88 Å². The zero-order valence-corrected chi connectivity index (χ0v) is 18.9. The van der Waals surface area contributed by atoms with Crippen LogP contribution in [0.5, 0.6) is 5.75 Å². The smallest absolute Gasteiger partial charge is 0.341 e. The number of benzene rings is 1. The molecular formula is C23H29FN4O6. The molecule has 1 aliphatic carbocycles. The van der Waals surface area contributed by atoms with Crippen molar-refractivity contribution in [2.45, 2.75) is 37.8 Å². The van der Waals surface area contributed by atoms with E-state index in [1.54, 1.807) is 4.57 Å². The number of nitrogens with one attached hydrogen (secondary N) is 1. The van der Waals surface area contributed by atoms with Crippen LogP contribution in [0, 0.1) is 11.7 Å². The van der Waals surface area contributed by atoms with E-state index in [-0.39, 0.29) is 23.5 Å². The summed E-state index contributed by atoms with van der Waals surface area (Å²) in [5.74, 6) is -2.03. The number of carboxylic acids is 2. The largest absolute Gasteiger partial charge is 0.492 e. The fourth-order valence-corrected chi connectivity index (χ4v) is 4.95. The minimum Gasteiger partial charge on any atom is -0.492 e. The lowest BCUT2D eigenvalue weighted by Crippen LogP contribution is -2.40. The number of rotatable bonds is 5. The minimum atomic E-state index is -1.30. The number of halogens is 1. The van der Waals surface area contributed by atoms with E-state index in [1.165, 1.54) is 19.4 Å². The lowest BCUT2D eigenvalue weighted by molar-refractivity contribution is -0.135. The van der Waals surface area contributed by atoms with Crippen molar-refractivity contribution in [3.05, 3.63) is 33.9 Å². The number of piperidine rings is 1. The number of pyridine rings is 1. The second-order valence-corrected chi connectivity index (χ2v) is 8.92. The molecule has 34 heavy (non-hydrogen) atoms. The molecule has 11 heteroatoms. The first-order valence-electron chi connectivity index (χ1n) is 11.4. The number of nitrogens with zero attached hydrogens (tertiary/aromatic N) is 2. The molecule has 10 nitrogen and oxygen atoms in total. The van der Waals surface area contributed by atoms with E-state index in [2.05, 4.69) is 11.1 Å². The number of hydrogen-bond donors (Lipinski definition) is 4.